The van der Waals surface area contributed by atoms with Crippen LogP contribution >= 0.6 is 11.6 Å². The predicted octanol–water partition coefficient (Wildman–Crippen LogP) is 3.75. The minimum atomic E-state index is -1.14. The van der Waals surface area contributed by atoms with Crippen molar-refractivity contribution in [2.45, 2.75) is 46.1 Å². The number of ether oxygens (including phenoxy) is 3. The first kappa shape index (κ1) is 19.0. The van der Waals surface area contributed by atoms with E-state index in [9.17, 15) is 14.4 Å². The maximum absolute atomic E-state index is 12.9. The molecule has 144 valence electrons. The van der Waals surface area contributed by atoms with Gasteiger partial charge in [0.15, 0.2) is 5.78 Å². The lowest BCUT2D eigenvalue weighted by atomic mass is 9.99. The van der Waals surface area contributed by atoms with E-state index in [1.165, 1.54) is 18.3 Å². The van der Waals surface area contributed by atoms with Crippen LogP contribution in [-0.2, 0) is 9.47 Å². The van der Waals surface area contributed by atoms with Crippen LogP contribution in [0.3, 0.4) is 0 Å². The summed E-state index contributed by atoms with van der Waals surface area (Å²) in [5.41, 5.74) is 0.354. The largest absolute Gasteiger partial charge is 0.463 e. The summed E-state index contributed by atoms with van der Waals surface area (Å²) in [6.07, 6.45) is -2.44. The monoisotopic (exact) mass is 394 g/mol. The van der Waals surface area contributed by atoms with Gasteiger partial charge in [-0.2, -0.15) is 10.0 Å². The molecule has 27 heavy (non-hydrogen) atoms. The normalized spacial score (nSPS) is 18.1. The van der Waals surface area contributed by atoms with Crippen molar-refractivity contribution in [2.24, 2.45) is 0 Å². The molecule has 0 spiro atoms. The van der Waals surface area contributed by atoms with Gasteiger partial charge in [-0.25, -0.2) is 9.59 Å². The summed E-state index contributed by atoms with van der Waals surface area (Å²) in [7, 11) is 0. The van der Waals surface area contributed by atoms with Gasteiger partial charge >= 0.3 is 12.2 Å². The Morgan fingerprint density at radius 3 is 2.37 bits per heavy atom. The summed E-state index contributed by atoms with van der Waals surface area (Å²) < 4.78 is 16.2. The van der Waals surface area contributed by atoms with Crippen molar-refractivity contribution < 1.29 is 28.6 Å². The van der Waals surface area contributed by atoms with Gasteiger partial charge in [0.05, 0.1) is 23.3 Å². The van der Waals surface area contributed by atoms with Gasteiger partial charge < -0.3 is 14.2 Å². The summed E-state index contributed by atoms with van der Waals surface area (Å²) in [6, 6.07) is 4.58. The number of fused-ring (bicyclic) bond motifs is 2. The van der Waals surface area contributed by atoms with Crippen molar-refractivity contribution >= 4 is 29.6 Å². The van der Waals surface area contributed by atoms with Gasteiger partial charge in [0.25, 0.3) is 0 Å². The van der Waals surface area contributed by atoms with E-state index in [0.717, 1.165) is 10.0 Å². The van der Waals surface area contributed by atoms with E-state index in [2.05, 4.69) is 0 Å². The highest BCUT2D eigenvalue weighted by Crippen LogP contribution is 2.38. The minimum Gasteiger partial charge on any atom is -0.463 e. The Morgan fingerprint density at radius 2 is 1.74 bits per heavy atom. The number of hydrogen-bond acceptors (Lipinski definition) is 6. The van der Waals surface area contributed by atoms with Crippen molar-refractivity contribution in [3.05, 3.63) is 40.6 Å². The number of carbonyl (C=O) groups is 3. The first-order valence-electron chi connectivity index (χ1n) is 8.41. The van der Waals surface area contributed by atoms with Gasteiger partial charge in [-0.15, -0.1) is 0 Å². The molecule has 9 heteroatoms. The first-order valence-corrected chi connectivity index (χ1v) is 8.79. The Kier molecular flexibility index (Phi) is 5.01. The van der Waals surface area contributed by atoms with Crippen molar-refractivity contribution in [3.8, 4) is 5.75 Å². The minimum absolute atomic E-state index is 0.103. The number of benzene rings is 1. The third-order valence-corrected chi connectivity index (χ3v) is 3.95. The molecule has 1 aromatic rings. The van der Waals surface area contributed by atoms with E-state index < -0.39 is 36.4 Å². The molecule has 2 aliphatic rings. The summed E-state index contributed by atoms with van der Waals surface area (Å²) >= 11 is 5.96. The van der Waals surface area contributed by atoms with Gasteiger partial charge in [0.1, 0.15) is 5.75 Å². The second-order valence-electron chi connectivity index (χ2n) is 6.58. The van der Waals surface area contributed by atoms with Crippen molar-refractivity contribution in [1.29, 1.82) is 0 Å². The quantitative estimate of drug-likeness (QED) is 0.759. The van der Waals surface area contributed by atoms with Crippen LogP contribution in [0.4, 0.5) is 9.59 Å². The molecule has 0 aromatic heterocycles. The highest BCUT2D eigenvalue weighted by molar-refractivity contribution is 6.31. The molecule has 1 atom stereocenters. The number of hydrogen-bond donors (Lipinski definition) is 0. The molecule has 0 aliphatic carbocycles. The third kappa shape index (κ3) is 3.57. The number of nitrogens with zero attached hydrogens (tertiary/aromatic N) is 2. The van der Waals surface area contributed by atoms with Crippen molar-refractivity contribution in [2.75, 3.05) is 0 Å². The molecule has 0 N–H and O–H groups in total. The number of halogens is 1. The molecule has 0 saturated heterocycles. The Morgan fingerprint density at radius 1 is 1.11 bits per heavy atom. The van der Waals surface area contributed by atoms with Gasteiger partial charge in [0.2, 0.25) is 6.23 Å². The summed E-state index contributed by atoms with van der Waals surface area (Å²) in [6.45, 7) is 6.68. The zero-order chi connectivity index (χ0) is 19.9. The van der Waals surface area contributed by atoms with E-state index in [-0.39, 0.29) is 16.9 Å². The smallest absolute Gasteiger partial charge is 0.433 e. The van der Waals surface area contributed by atoms with Crippen LogP contribution in [0.1, 0.15) is 38.1 Å². The Balaban J connectivity index is 2.01. The maximum Gasteiger partial charge on any atom is 0.433 e. The fourth-order valence-electron chi connectivity index (χ4n) is 2.68. The molecular weight excluding hydrogens is 376 g/mol. The average molecular weight is 395 g/mol. The highest BCUT2D eigenvalue weighted by atomic mass is 35.5. The summed E-state index contributed by atoms with van der Waals surface area (Å²) in [4.78, 5) is 37.9. The van der Waals surface area contributed by atoms with E-state index >= 15 is 0 Å². The van der Waals surface area contributed by atoms with Crippen molar-refractivity contribution in [3.63, 3.8) is 0 Å². The molecule has 2 aliphatic heterocycles. The van der Waals surface area contributed by atoms with E-state index in [4.69, 9.17) is 25.8 Å². The number of Topliss-reactive ketones (excluding diaryl/α,β-unsaturated/α-hetero) is 1. The lowest BCUT2D eigenvalue weighted by Crippen LogP contribution is -2.52. The molecule has 1 unspecified atom stereocenters. The molecular formula is C18H19ClN2O6. The van der Waals surface area contributed by atoms with Gasteiger partial charge in [-0.3, -0.25) is 4.79 Å². The lowest BCUT2D eigenvalue weighted by molar-refractivity contribution is -0.0574. The average Bonchev–Trinajstić information content (AvgIpc) is 2.94. The second-order valence-corrected chi connectivity index (χ2v) is 7.01. The standard InChI is InChI=1S/C18H19ClN2O6/c1-9(2)25-17(23)20-8-13-15(22)12-7-11(19)5-6-14(12)27-16(13)21(20)18(24)26-10(3)4/h5-10,16H,1-4H3. The molecule has 0 fully saturated rings. The molecule has 3 rings (SSSR count). The Bertz CT molecular complexity index is 835. The van der Waals surface area contributed by atoms with Crippen molar-refractivity contribution in [1.82, 2.24) is 10.0 Å². The number of amides is 2. The number of rotatable bonds is 2. The van der Waals surface area contributed by atoms with Crippen LogP contribution in [0.2, 0.25) is 5.02 Å². The van der Waals surface area contributed by atoms with Gasteiger partial charge in [-0.05, 0) is 45.9 Å². The van der Waals surface area contributed by atoms with E-state index in [0.29, 0.717) is 5.02 Å². The molecule has 0 bridgehead atoms. The fourth-order valence-corrected chi connectivity index (χ4v) is 2.85. The van der Waals surface area contributed by atoms with Crippen LogP contribution in [0.25, 0.3) is 0 Å². The number of hydrazine groups is 1. The fraction of sp³-hybridized carbons (Fsp3) is 0.389. The SMILES string of the molecule is CC(C)OC(=O)N1C=C2C(=O)c3cc(Cl)ccc3OC2N1C(=O)OC(C)C. The Labute approximate surface area is 161 Å². The summed E-state index contributed by atoms with van der Waals surface area (Å²) in [5.74, 6) is -0.140. The molecule has 0 radical (unpaired) electrons. The molecule has 0 saturated carbocycles. The zero-order valence-electron chi connectivity index (χ0n) is 15.3. The van der Waals surface area contributed by atoms with Crippen LogP contribution in [0.15, 0.2) is 30.0 Å². The highest BCUT2D eigenvalue weighted by Gasteiger charge is 2.49. The van der Waals surface area contributed by atoms with E-state index in [1.54, 1.807) is 33.8 Å². The number of ketones is 1. The third-order valence-electron chi connectivity index (χ3n) is 3.72. The topological polar surface area (TPSA) is 85.4 Å². The molecule has 1 aromatic carbocycles. The lowest BCUT2D eigenvalue weighted by Gasteiger charge is -2.33. The van der Waals surface area contributed by atoms with Crippen LogP contribution in [0.5, 0.6) is 5.75 Å². The van der Waals surface area contributed by atoms with Crippen LogP contribution < -0.4 is 4.74 Å². The predicted molar refractivity (Wildman–Crippen MR) is 95.2 cm³/mol. The van der Waals surface area contributed by atoms with Crippen LogP contribution in [0, 0.1) is 0 Å². The summed E-state index contributed by atoms with van der Waals surface area (Å²) in [5, 5.41) is 2.20. The van der Waals surface area contributed by atoms with Gasteiger partial charge in [-0.1, -0.05) is 11.6 Å². The molecule has 8 nitrogen and oxygen atoms in total. The van der Waals surface area contributed by atoms with Gasteiger partial charge in [0, 0.05) is 11.2 Å². The molecule has 2 heterocycles. The Hall–Kier alpha value is -2.74. The first-order chi connectivity index (χ1) is 12.7. The molecule has 2 amide bonds. The van der Waals surface area contributed by atoms with Crippen LogP contribution in [-0.4, -0.2) is 46.4 Å². The van der Waals surface area contributed by atoms with E-state index in [1.807, 2.05) is 0 Å². The number of carbonyl (C=O) groups excluding carboxylic acids is 3. The zero-order valence-corrected chi connectivity index (χ0v) is 16.0. The second kappa shape index (κ2) is 7.11. The maximum atomic E-state index is 12.9.